The largest absolute Gasteiger partial charge is 0.444 e. The van der Waals surface area contributed by atoms with E-state index in [4.69, 9.17) is 4.74 Å². The molecule has 0 spiro atoms. The maximum atomic E-state index is 11.9. The minimum atomic E-state index is -0.452. The molecule has 0 radical (unpaired) electrons. The molecule has 1 heterocycles. The summed E-state index contributed by atoms with van der Waals surface area (Å²) in [5.74, 6) is 0.337. The fourth-order valence-electron chi connectivity index (χ4n) is 1.86. The van der Waals surface area contributed by atoms with Crippen molar-refractivity contribution in [2.45, 2.75) is 46.3 Å². The van der Waals surface area contributed by atoms with E-state index in [0.717, 1.165) is 12.2 Å². The zero-order valence-corrected chi connectivity index (χ0v) is 14.7. The van der Waals surface area contributed by atoms with Gasteiger partial charge in [-0.25, -0.2) is 9.78 Å². The number of ether oxygens (including phenoxy) is 1. The van der Waals surface area contributed by atoms with Gasteiger partial charge < -0.3 is 15.0 Å². The standard InChI is InChI=1S/C15H27N3O2S/c1-11(7-16-12(2)13-9-21-10-17-13)8-18(6)14(19)20-15(3,4)5/h9-12,16H,7-8H2,1-6H3. The Labute approximate surface area is 131 Å². The van der Waals surface area contributed by atoms with E-state index in [1.165, 1.54) is 0 Å². The van der Waals surface area contributed by atoms with Gasteiger partial charge in [-0.3, -0.25) is 0 Å². The van der Waals surface area contributed by atoms with Gasteiger partial charge in [-0.15, -0.1) is 11.3 Å². The van der Waals surface area contributed by atoms with Gasteiger partial charge in [0.2, 0.25) is 0 Å². The van der Waals surface area contributed by atoms with Gasteiger partial charge in [-0.2, -0.15) is 0 Å². The molecule has 2 atom stereocenters. The van der Waals surface area contributed by atoms with Gasteiger partial charge in [-0.05, 0) is 40.2 Å². The highest BCUT2D eigenvalue weighted by Gasteiger charge is 2.21. The van der Waals surface area contributed by atoms with Crippen molar-refractivity contribution < 1.29 is 9.53 Å². The molecule has 2 unspecified atom stereocenters. The van der Waals surface area contributed by atoms with E-state index in [-0.39, 0.29) is 12.1 Å². The Balaban J connectivity index is 2.32. The number of carbonyl (C=O) groups excluding carboxylic acids is 1. The van der Waals surface area contributed by atoms with Crippen LogP contribution in [0, 0.1) is 5.92 Å². The van der Waals surface area contributed by atoms with E-state index in [0.29, 0.717) is 12.5 Å². The zero-order chi connectivity index (χ0) is 16.0. The maximum absolute atomic E-state index is 11.9. The molecule has 1 N–H and O–H groups in total. The molecule has 1 aromatic rings. The molecule has 1 amide bonds. The fourth-order valence-corrected chi connectivity index (χ4v) is 2.51. The number of hydrogen-bond donors (Lipinski definition) is 1. The van der Waals surface area contributed by atoms with Crippen LogP contribution in [0.25, 0.3) is 0 Å². The van der Waals surface area contributed by atoms with Crippen molar-refractivity contribution in [3.63, 3.8) is 0 Å². The summed E-state index contributed by atoms with van der Waals surface area (Å²) in [4.78, 5) is 17.8. The summed E-state index contributed by atoms with van der Waals surface area (Å²) >= 11 is 1.60. The highest BCUT2D eigenvalue weighted by molar-refractivity contribution is 7.07. The first-order valence-electron chi connectivity index (χ1n) is 7.24. The van der Waals surface area contributed by atoms with Crippen LogP contribution in [-0.2, 0) is 4.74 Å². The number of nitrogens with one attached hydrogen (secondary N) is 1. The molecule has 0 saturated heterocycles. The van der Waals surface area contributed by atoms with Crippen molar-refractivity contribution >= 4 is 17.4 Å². The van der Waals surface area contributed by atoms with Crippen LogP contribution in [0.15, 0.2) is 10.9 Å². The van der Waals surface area contributed by atoms with Gasteiger partial charge >= 0.3 is 6.09 Å². The predicted molar refractivity (Wildman–Crippen MR) is 86.6 cm³/mol. The van der Waals surface area contributed by atoms with Crippen LogP contribution in [0.3, 0.4) is 0 Å². The molecule has 5 nitrogen and oxygen atoms in total. The first kappa shape index (κ1) is 17.9. The van der Waals surface area contributed by atoms with Crippen molar-refractivity contribution in [1.82, 2.24) is 15.2 Å². The minimum absolute atomic E-state index is 0.227. The Morgan fingerprint density at radius 3 is 2.67 bits per heavy atom. The van der Waals surface area contributed by atoms with Crippen LogP contribution in [0.1, 0.15) is 46.4 Å². The second-order valence-corrected chi connectivity index (χ2v) is 7.23. The van der Waals surface area contributed by atoms with Crippen LogP contribution >= 0.6 is 11.3 Å². The Hall–Kier alpha value is -1.14. The molecule has 21 heavy (non-hydrogen) atoms. The van der Waals surface area contributed by atoms with Crippen LogP contribution in [0.5, 0.6) is 0 Å². The third-order valence-electron chi connectivity index (χ3n) is 2.96. The van der Waals surface area contributed by atoms with Crippen molar-refractivity contribution in [2.24, 2.45) is 5.92 Å². The predicted octanol–water partition coefficient (Wildman–Crippen LogP) is 3.30. The van der Waals surface area contributed by atoms with E-state index in [9.17, 15) is 4.79 Å². The highest BCUT2D eigenvalue weighted by atomic mass is 32.1. The number of thiazole rings is 1. The van der Waals surface area contributed by atoms with Crippen molar-refractivity contribution in [2.75, 3.05) is 20.1 Å². The number of rotatable bonds is 6. The van der Waals surface area contributed by atoms with Crippen molar-refractivity contribution in [3.8, 4) is 0 Å². The lowest BCUT2D eigenvalue weighted by atomic mass is 10.1. The van der Waals surface area contributed by atoms with E-state index >= 15 is 0 Å². The van der Waals surface area contributed by atoms with Gasteiger partial charge in [0.1, 0.15) is 5.60 Å². The summed E-state index contributed by atoms with van der Waals surface area (Å²) in [6.45, 7) is 11.3. The summed E-state index contributed by atoms with van der Waals surface area (Å²) < 4.78 is 5.34. The first-order chi connectivity index (χ1) is 9.69. The number of nitrogens with zero attached hydrogens (tertiary/aromatic N) is 2. The summed E-state index contributed by atoms with van der Waals surface area (Å²) in [5.41, 5.74) is 2.45. The molecule has 1 rings (SSSR count). The third kappa shape index (κ3) is 6.91. The normalized spacial score (nSPS) is 14.6. The molecule has 0 bridgehead atoms. The summed E-state index contributed by atoms with van der Waals surface area (Å²) in [7, 11) is 1.77. The molecule has 1 aromatic heterocycles. The lowest BCUT2D eigenvalue weighted by Crippen LogP contribution is -2.38. The number of aromatic nitrogens is 1. The van der Waals surface area contributed by atoms with Crippen molar-refractivity contribution in [3.05, 3.63) is 16.6 Å². The lowest BCUT2D eigenvalue weighted by Gasteiger charge is -2.27. The second-order valence-electron chi connectivity index (χ2n) is 6.51. The average Bonchev–Trinajstić information content (AvgIpc) is 2.87. The smallest absolute Gasteiger partial charge is 0.410 e. The Kier molecular flexibility index (Phi) is 6.61. The quantitative estimate of drug-likeness (QED) is 0.875. The number of amides is 1. The third-order valence-corrected chi connectivity index (χ3v) is 3.56. The lowest BCUT2D eigenvalue weighted by molar-refractivity contribution is 0.0276. The second kappa shape index (κ2) is 7.75. The van der Waals surface area contributed by atoms with Gasteiger partial charge in [0.05, 0.1) is 11.2 Å². The molecule has 0 aliphatic carbocycles. The van der Waals surface area contributed by atoms with Gasteiger partial charge in [0.15, 0.2) is 0 Å². The van der Waals surface area contributed by atoms with Crippen LogP contribution in [0.4, 0.5) is 4.79 Å². The van der Waals surface area contributed by atoms with E-state index in [1.54, 1.807) is 23.3 Å². The Morgan fingerprint density at radius 1 is 1.48 bits per heavy atom. The maximum Gasteiger partial charge on any atom is 0.410 e. The summed E-state index contributed by atoms with van der Waals surface area (Å²) in [6, 6.07) is 0.227. The van der Waals surface area contributed by atoms with E-state index in [2.05, 4.69) is 29.5 Å². The minimum Gasteiger partial charge on any atom is -0.444 e. The first-order valence-corrected chi connectivity index (χ1v) is 8.19. The van der Waals surface area contributed by atoms with E-state index in [1.807, 2.05) is 26.3 Å². The van der Waals surface area contributed by atoms with Crippen LogP contribution < -0.4 is 5.32 Å². The molecule has 0 aliphatic rings. The Bertz CT molecular complexity index is 429. The van der Waals surface area contributed by atoms with Gasteiger partial charge in [0, 0.05) is 25.0 Å². The van der Waals surface area contributed by atoms with Gasteiger partial charge in [-0.1, -0.05) is 6.92 Å². The van der Waals surface area contributed by atoms with Crippen molar-refractivity contribution in [1.29, 1.82) is 0 Å². The number of carbonyl (C=O) groups is 1. The van der Waals surface area contributed by atoms with Gasteiger partial charge in [0.25, 0.3) is 0 Å². The van der Waals surface area contributed by atoms with E-state index < -0.39 is 5.60 Å². The molecular formula is C15H27N3O2S. The van der Waals surface area contributed by atoms with Crippen LogP contribution in [-0.4, -0.2) is 41.7 Å². The molecule has 6 heteroatoms. The highest BCUT2D eigenvalue weighted by Crippen LogP contribution is 2.13. The zero-order valence-electron chi connectivity index (χ0n) is 13.8. The summed E-state index contributed by atoms with van der Waals surface area (Å²) in [5, 5.41) is 5.49. The number of hydrogen-bond acceptors (Lipinski definition) is 5. The molecular weight excluding hydrogens is 286 g/mol. The molecule has 120 valence electrons. The molecule has 0 fully saturated rings. The molecule has 0 aliphatic heterocycles. The fraction of sp³-hybridized carbons (Fsp3) is 0.733. The topological polar surface area (TPSA) is 54.5 Å². The SMILES string of the molecule is CC(CNC(C)c1cscn1)CN(C)C(=O)OC(C)(C)C. The average molecular weight is 313 g/mol. The van der Waals surface area contributed by atoms with Crippen LogP contribution in [0.2, 0.25) is 0 Å². The Morgan fingerprint density at radius 2 is 2.14 bits per heavy atom. The summed E-state index contributed by atoms with van der Waals surface area (Å²) in [6.07, 6.45) is -0.276. The molecule has 0 saturated carbocycles. The molecule has 0 aromatic carbocycles. The monoisotopic (exact) mass is 313 g/mol.